The Kier molecular flexibility index (Phi) is 2.77. The van der Waals surface area contributed by atoms with E-state index in [2.05, 4.69) is 22.9 Å². The smallest absolute Gasteiger partial charge is 0.126 e. The Morgan fingerprint density at radius 3 is 3.00 bits per heavy atom. The second kappa shape index (κ2) is 3.80. The van der Waals surface area contributed by atoms with Gasteiger partial charge in [0.25, 0.3) is 0 Å². The molecule has 0 bridgehead atoms. The van der Waals surface area contributed by atoms with Crippen molar-refractivity contribution in [2.24, 2.45) is 0 Å². The van der Waals surface area contributed by atoms with Gasteiger partial charge in [0.05, 0.1) is 6.10 Å². The molecule has 82 valence electrons. The summed E-state index contributed by atoms with van der Waals surface area (Å²) in [6.07, 6.45) is 1.14. The molecular weight excluding hydrogens is 256 g/mol. The van der Waals surface area contributed by atoms with Crippen molar-refractivity contribution in [3.05, 3.63) is 28.2 Å². The third-order valence-corrected chi connectivity index (χ3v) is 3.55. The van der Waals surface area contributed by atoms with Crippen LogP contribution in [0.3, 0.4) is 0 Å². The number of halogens is 1. The van der Waals surface area contributed by atoms with Crippen LogP contribution in [0, 0.1) is 0 Å². The van der Waals surface area contributed by atoms with Crippen LogP contribution < -0.4 is 4.74 Å². The average Bonchev–Trinajstić information content (AvgIpc) is 2.20. The lowest BCUT2D eigenvalue weighted by Gasteiger charge is -2.37. The maximum Gasteiger partial charge on any atom is 0.126 e. The fraction of sp³-hybridized carbons (Fsp3) is 0.500. The van der Waals surface area contributed by atoms with Gasteiger partial charge in [0, 0.05) is 16.5 Å². The van der Waals surface area contributed by atoms with E-state index in [-0.39, 0.29) is 5.60 Å². The van der Waals surface area contributed by atoms with E-state index < -0.39 is 6.10 Å². The molecule has 3 heteroatoms. The summed E-state index contributed by atoms with van der Waals surface area (Å²) >= 11 is 3.40. The molecule has 1 aromatic rings. The van der Waals surface area contributed by atoms with Crippen molar-refractivity contribution in [1.82, 2.24) is 0 Å². The normalized spacial score (nSPS) is 29.5. The van der Waals surface area contributed by atoms with E-state index in [0.717, 1.165) is 22.2 Å². The first-order valence-corrected chi connectivity index (χ1v) is 6.00. The van der Waals surface area contributed by atoms with Crippen LogP contribution in [0.2, 0.25) is 0 Å². The molecule has 1 aromatic carbocycles. The lowest BCUT2D eigenvalue weighted by atomic mass is 9.88. The standard InChI is InChI=1S/C12H15BrO2/c1-3-12(2)7-10(14)9-6-8(13)4-5-11(9)15-12/h4-6,10,14H,3,7H2,1-2H3/t10-,12?/m0/s1. The third kappa shape index (κ3) is 2.04. The molecular formula is C12H15BrO2. The van der Waals surface area contributed by atoms with Crippen molar-refractivity contribution >= 4 is 15.9 Å². The number of aliphatic hydroxyl groups is 1. The summed E-state index contributed by atoms with van der Waals surface area (Å²) in [6.45, 7) is 4.12. The number of hydrogen-bond donors (Lipinski definition) is 1. The van der Waals surface area contributed by atoms with Crippen molar-refractivity contribution in [1.29, 1.82) is 0 Å². The summed E-state index contributed by atoms with van der Waals surface area (Å²) in [5.74, 6) is 0.807. The van der Waals surface area contributed by atoms with Crippen molar-refractivity contribution in [3.8, 4) is 5.75 Å². The zero-order chi connectivity index (χ0) is 11.1. The minimum atomic E-state index is -0.420. The van der Waals surface area contributed by atoms with Crippen molar-refractivity contribution in [2.45, 2.75) is 38.4 Å². The summed E-state index contributed by atoms with van der Waals surface area (Å²) in [7, 11) is 0. The molecule has 0 aliphatic carbocycles. The molecule has 0 aromatic heterocycles. The topological polar surface area (TPSA) is 29.5 Å². The lowest BCUT2D eigenvalue weighted by Crippen LogP contribution is -2.37. The van der Waals surface area contributed by atoms with Gasteiger partial charge in [-0.15, -0.1) is 0 Å². The highest BCUT2D eigenvalue weighted by Gasteiger charge is 2.35. The van der Waals surface area contributed by atoms with Gasteiger partial charge >= 0.3 is 0 Å². The SMILES string of the molecule is CCC1(C)C[C@H](O)c2cc(Br)ccc2O1. The summed E-state index contributed by atoms with van der Waals surface area (Å²) < 4.78 is 6.89. The van der Waals surface area contributed by atoms with E-state index in [1.54, 1.807) is 0 Å². The highest BCUT2D eigenvalue weighted by Crippen LogP contribution is 2.41. The average molecular weight is 271 g/mol. The number of benzene rings is 1. The molecule has 0 saturated heterocycles. The molecule has 2 atom stereocenters. The molecule has 1 aliphatic heterocycles. The van der Waals surface area contributed by atoms with Gasteiger partial charge in [-0.25, -0.2) is 0 Å². The van der Waals surface area contributed by atoms with Gasteiger partial charge in [-0.05, 0) is 31.5 Å². The van der Waals surface area contributed by atoms with E-state index in [0.29, 0.717) is 6.42 Å². The molecule has 0 saturated carbocycles. The second-order valence-corrected chi connectivity index (χ2v) is 5.22. The summed E-state index contributed by atoms with van der Waals surface area (Å²) in [4.78, 5) is 0. The minimum Gasteiger partial charge on any atom is -0.487 e. The molecule has 0 radical (unpaired) electrons. The van der Waals surface area contributed by atoms with E-state index >= 15 is 0 Å². The first kappa shape index (κ1) is 11.0. The maximum atomic E-state index is 10.1. The van der Waals surface area contributed by atoms with Crippen LogP contribution in [-0.4, -0.2) is 10.7 Å². The van der Waals surface area contributed by atoms with Crippen LogP contribution in [0.25, 0.3) is 0 Å². The van der Waals surface area contributed by atoms with Crippen molar-refractivity contribution < 1.29 is 9.84 Å². The second-order valence-electron chi connectivity index (χ2n) is 4.31. The number of ether oxygens (including phenoxy) is 1. The largest absolute Gasteiger partial charge is 0.487 e. The fourth-order valence-electron chi connectivity index (χ4n) is 1.92. The number of aliphatic hydroxyl groups excluding tert-OH is 1. The van der Waals surface area contributed by atoms with Gasteiger partial charge in [-0.2, -0.15) is 0 Å². The summed E-state index contributed by atoms with van der Waals surface area (Å²) in [6, 6.07) is 5.78. The van der Waals surface area contributed by atoms with E-state index in [1.807, 2.05) is 25.1 Å². The predicted molar refractivity (Wildman–Crippen MR) is 63.0 cm³/mol. The Balaban J connectivity index is 2.41. The summed E-state index contributed by atoms with van der Waals surface area (Å²) in [5.41, 5.74) is 0.649. The van der Waals surface area contributed by atoms with E-state index in [4.69, 9.17) is 4.74 Å². The highest BCUT2D eigenvalue weighted by molar-refractivity contribution is 9.10. The molecule has 15 heavy (non-hydrogen) atoms. The lowest BCUT2D eigenvalue weighted by molar-refractivity contribution is -0.00381. The Morgan fingerprint density at radius 1 is 1.60 bits per heavy atom. The fourth-order valence-corrected chi connectivity index (χ4v) is 2.29. The first-order chi connectivity index (χ1) is 7.04. The molecule has 1 N–H and O–H groups in total. The van der Waals surface area contributed by atoms with Gasteiger partial charge in [-0.3, -0.25) is 0 Å². The molecule has 1 unspecified atom stereocenters. The van der Waals surface area contributed by atoms with Crippen LogP contribution in [0.5, 0.6) is 5.75 Å². The van der Waals surface area contributed by atoms with Crippen molar-refractivity contribution in [2.75, 3.05) is 0 Å². The van der Waals surface area contributed by atoms with E-state index in [1.165, 1.54) is 0 Å². The molecule has 0 amide bonds. The number of hydrogen-bond acceptors (Lipinski definition) is 2. The zero-order valence-corrected chi connectivity index (χ0v) is 10.5. The van der Waals surface area contributed by atoms with Gasteiger partial charge < -0.3 is 9.84 Å². The molecule has 1 aliphatic rings. The zero-order valence-electron chi connectivity index (χ0n) is 8.96. The van der Waals surface area contributed by atoms with Gasteiger partial charge in [0.2, 0.25) is 0 Å². The Bertz CT molecular complexity index is 378. The molecule has 2 nitrogen and oxygen atoms in total. The Morgan fingerprint density at radius 2 is 2.33 bits per heavy atom. The maximum absolute atomic E-state index is 10.1. The van der Waals surface area contributed by atoms with Gasteiger partial charge in [0.15, 0.2) is 0 Å². The van der Waals surface area contributed by atoms with Crippen LogP contribution >= 0.6 is 15.9 Å². The third-order valence-electron chi connectivity index (χ3n) is 3.06. The van der Waals surface area contributed by atoms with Crippen LogP contribution in [-0.2, 0) is 0 Å². The molecule has 1 heterocycles. The van der Waals surface area contributed by atoms with Crippen LogP contribution in [0.15, 0.2) is 22.7 Å². The molecule has 0 spiro atoms. The quantitative estimate of drug-likeness (QED) is 0.847. The first-order valence-electron chi connectivity index (χ1n) is 5.20. The van der Waals surface area contributed by atoms with Gasteiger partial charge in [0.1, 0.15) is 11.4 Å². The van der Waals surface area contributed by atoms with Crippen LogP contribution in [0.1, 0.15) is 38.4 Å². The van der Waals surface area contributed by atoms with Gasteiger partial charge in [-0.1, -0.05) is 22.9 Å². The van der Waals surface area contributed by atoms with Crippen molar-refractivity contribution in [3.63, 3.8) is 0 Å². The number of fused-ring (bicyclic) bond motifs is 1. The monoisotopic (exact) mass is 270 g/mol. The molecule has 0 fully saturated rings. The van der Waals surface area contributed by atoms with E-state index in [9.17, 15) is 5.11 Å². The Labute approximate surface area is 98.4 Å². The predicted octanol–water partition coefficient (Wildman–Crippen LogP) is 3.43. The highest BCUT2D eigenvalue weighted by atomic mass is 79.9. The minimum absolute atomic E-state index is 0.236. The summed E-state index contributed by atoms with van der Waals surface area (Å²) in [5, 5.41) is 10.1. The molecule has 2 rings (SSSR count). The number of rotatable bonds is 1. The van der Waals surface area contributed by atoms with Crippen LogP contribution in [0.4, 0.5) is 0 Å². The Hall–Kier alpha value is -0.540.